The van der Waals surface area contributed by atoms with E-state index < -0.39 is 0 Å². The summed E-state index contributed by atoms with van der Waals surface area (Å²) in [6, 6.07) is 2.87. The highest BCUT2D eigenvalue weighted by molar-refractivity contribution is 9.10. The van der Waals surface area contributed by atoms with Crippen molar-refractivity contribution in [1.29, 1.82) is 0 Å². The van der Waals surface area contributed by atoms with Gasteiger partial charge < -0.3 is 9.73 Å². The third-order valence-electron chi connectivity index (χ3n) is 3.83. The normalized spacial score (nSPS) is 15.0. The minimum absolute atomic E-state index is 0.683. The van der Waals surface area contributed by atoms with Gasteiger partial charge in [-0.25, -0.2) is 0 Å². The summed E-state index contributed by atoms with van der Waals surface area (Å²) >= 11 is 3.56. The van der Waals surface area contributed by atoms with Gasteiger partial charge in [0, 0.05) is 18.2 Å². The Hall–Kier alpha value is -1.07. The number of halogens is 1. The molecular weight excluding hydrogens is 318 g/mol. The molecule has 20 heavy (non-hydrogen) atoms. The monoisotopic (exact) mass is 337 g/mol. The molecule has 0 atom stereocenters. The van der Waals surface area contributed by atoms with E-state index in [0.29, 0.717) is 6.54 Å². The molecule has 4 nitrogen and oxygen atoms in total. The molecule has 0 unspecified atom stereocenters. The Morgan fingerprint density at radius 2 is 2.15 bits per heavy atom. The number of hydrogen-bond donors (Lipinski definition) is 1. The molecule has 5 heteroatoms. The van der Waals surface area contributed by atoms with Crippen LogP contribution in [0.3, 0.4) is 0 Å². The van der Waals surface area contributed by atoms with Crippen LogP contribution in [-0.4, -0.2) is 15.8 Å². The molecule has 0 bridgehead atoms. The molecule has 108 valence electrons. The largest absolute Gasteiger partial charge is 0.464 e. The van der Waals surface area contributed by atoms with Crippen molar-refractivity contribution in [3.63, 3.8) is 0 Å². The molecule has 1 aliphatic carbocycles. The third kappa shape index (κ3) is 2.83. The Labute approximate surface area is 127 Å². The van der Waals surface area contributed by atoms with Gasteiger partial charge >= 0.3 is 0 Å². The summed E-state index contributed by atoms with van der Waals surface area (Å²) < 4.78 is 8.92. The third-order valence-corrected chi connectivity index (χ3v) is 4.98. The molecule has 1 aliphatic rings. The molecule has 0 radical (unpaired) electrons. The second-order valence-electron chi connectivity index (χ2n) is 5.59. The number of nitrogens with one attached hydrogen (secondary N) is 1. The van der Waals surface area contributed by atoms with Gasteiger partial charge in [-0.1, -0.05) is 0 Å². The number of aryl methyl sites for hydroxylation is 2. The lowest BCUT2D eigenvalue weighted by atomic mass is 10.2. The SMILES string of the molecule is Cc1nn(Cc2cc(CNC3CC3)c(C)o2)c(C)c1Br. The minimum atomic E-state index is 0.683. The quantitative estimate of drug-likeness (QED) is 0.908. The lowest BCUT2D eigenvalue weighted by molar-refractivity contribution is 0.453. The summed E-state index contributed by atoms with van der Waals surface area (Å²) in [4.78, 5) is 0. The maximum atomic E-state index is 5.86. The van der Waals surface area contributed by atoms with Crippen LogP contribution in [0.1, 0.15) is 41.3 Å². The van der Waals surface area contributed by atoms with Crippen molar-refractivity contribution in [2.24, 2.45) is 0 Å². The van der Waals surface area contributed by atoms with E-state index in [2.05, 4.69) is 39.3 Å². The van der Waals surface area contributed by atoms with E-state index in [0.717, 1.165) is 40.0 Å². The van der Waals surface area contributed by atoms with Gasteiger partial charge in [-0.2, -0.15) is 5.10 Å². The van der Waals surface area contributed by atoms with E-state index >= 15 is 0 Å². The van der Waals surface area contributed by atoms with E-state index in [9.17, 15) is 0 Å². The van der Waals surface area contributed by atoms with Crippen LogP contribution in [0.5, 0.6) is 0 Å². The van der Waals surface area contributed by atoms with Gasteiger partial charge in [0.05, 0.1) is 22.4 Å². The molecule has 3 rings (SSSR count). The van der Waals surface area contributed by atoms with Crippen LogP contribution in [0.2, 0.25) is 0 Å². The number of aromatic nitrogens is 2. The molecule has 1 fully saturated rings. The predicted molar refractivity (Wildman–Crippen MR) is 81.8 cm³/mol. The molecule has 0 saturated heterocycles. The van der Waals surface area contributed by atoms with Crippen LogP contribution in [-0.2, 0) is 13.1 Å². The first-order valence-electron chi connectivity index (χ1n) is 7.05. The Kier molecular flexibility index (Phi) is 3.73. The van der Waals surface area contributed by atoms with Crippen molar-refractivity contribution < 1.29 is 4.42 Å². The minimum Gasteiger partial charge on any atom is -0.464 e. The number of nitrogens with zero attached hydrogens (tertiary/aromatic N) is 2. The maximum absolute atomic E-state index is 5.86. The molecule has 1 N–H and O–H groups in total. The Balaban J connectivity index is 1.73. The van der Waals surface area contributed by atoms with Gasteiger partial charge in [0.2, 0.25) is 0 Å². The Morgan fingerprint density at radius 1 is 1.40 bits per heavy atom. The highest BCUT2D eigenvalue weighted by atomic mass is 79.9. The summed E-state index contributed by atoms with van der Waals surface area (Å²) in [6.45, 7) is 7.69. The van der Waals surface area contributed by atoms with Crippen molar-refractivity contribution in [3.8, 4) is 0 Å². The van der Waals surface area contributed by atoms with Gasteiger partial charge in [-0.05, 0) is 55.6 Å². The average Bonchev–Trinajstić information content (AvgIpc) is 3.13. The van der Waals surface area contributed by atoms with Gasteiger partial charge in [0.15, 0.2) is 0 Å². The fourth-order valence-electron chi connectivity index (χ4n) is 2.36. The fourth-order valence-corrected chi connectivity index (χ4v) is 2.64. The van der Waals surface area contributed by atoms with E-state index in [1.165, 1.54) is 18.4 Å². The summed E-state index contributed by atoms with van der Waals surface area (Å²) in [5, 5.41) is 8.05. The highest BCUT2D eigenvalue weighted by Crippen LogP contribution is 2.23. The lowest BCUT2D eigenvalue weighted by Crippen LogP contribution is -2.15. The first kappa shape index (κ1) is 13.9. The van der Waals surface area contributed by atoms with Crippen molar-refractivity contribution in [2.75, 3.05) is 0 Å². The first-order valence-corrected chi connectivity index (χ1v) is 7.85. The molecule has 2 aromatic rings. The van der Waals surface area contributed by atoms with Crippen molar-refractivity contribution in [3.05, 3.63) is 39.0 Å². The smallest absolute Gasteiger partial charge is 0.125 e. The summed E-state index contributed by atoms with van der Waals surface area (Å²) in [7, 11) is 0. The Morgan fingerprint density at radius 3 is 2.75 bits per heavy atom. The van der Waals surface area contributed by atoms with E-state index in [1.54, 1.807) is 0 Å². The number of rotatable bonds is 5. The zero-order valence-electron chi connectivity index (χ0n) is 12.2. The van der Waals surface area contributed by atoms with Crippen LogP contribution in [0, 0.1) is 20.8 Å². The summed E-state index contributed by atoms with van der Waals surface area (Å²) in [6.07, 6.45) is 2.62. The zero-order chi connectivity index (χ0) is 14.3. The fraction of sp³-hybridized carbons (Fsp3) is 0.533. The first-order chi connectivity index (χ1) is 9.54. The summed E-state index contributed by atoms with van der Waals surface area (Å²) in [5.41, 5.74) is 3.41. The number of furan rings is 1. The standard InChI is InChI=1S/C15H20BrN3O/c1-9-15(16)10(2)19(18-9)8-14-6-12(11(3)20-14)7-17-13-4-5-13/h6,13,17H,4-5,7-8H2,1-3H3. The second kappa shape index (κ2) is 5.37. The van der Waals surface area contributed by atoms with Crippen molar-refractivity contribution in [1.82, 2.24) is 15.1 Å². The van der Waals surface area contributed by atoms with Crippen molar-refractivity contribution >= 4 is 15.9 Å². The lowest BCUT2D eigenvalue weighted by Gasteiger charge is -2.01. The van der Waals surface area contributed by atoms with Crippen LogP contribution >= 0.6 is 15.9 Å². The number of hydrogen-bond acceptors (Lipinski definition) is 3. The second-order valence-corrected chi connectivity index (χ2v) is 6.38. The molecule has 0 amide bonds. The highest BCUT2D eigenvalue weighted by Gasteiger charge is 2.21. The summed E-state index contributed by atoms with van der Waals surface area (Å²) in [5.74, 6) is 1.97. The predicted octanol–water partition coefficient (Wildman–Crippen LogP) is 3.46. The molecule has 1 saturated carbocycles. The molecule has 0 aromatic carbocycles. The van der Waals surface area contributed by atoms with Crippen LogP contribution in [0.25, 0.3) is 0 Å². The van der Waals surface area contributed by atoms with Crippen LogP contribution in [0.4, 0.5) is 0 Å². The van der Waals surface area contributed by atoms with E-state index in [1.807, 2.05) is 18.5 Å². The molecule has 0 aliphatic heterocycles. The molecule has 2 aromatic heterocycles. The van der Waals surface area contributed by atoms with E-state index in [-0.39, 0.29) is 0 Å². The van der Waals surface area contributed by atoms with Crippen LogP contribution in [0.15, 0.2) is 15.0 Å². The van der Waals surface area contributed by atoms with Crippen LogP contribution < -0.4 is 5.32 Å². The topological polar surface area (TPSA) is 43.0 Å². The average molecular weight is 338 g/mol. The van der Waals surface area contributed by atoms with E-state index in [4.69, 9.17) is 4.42 Å². The molecule has 0 spiro atoms. The molecule has 2 heterocycles. The van der Waals surface area contributed by atoms with Crippen molar-refractivity contribution in [2.45, 2.75) is 52.7 Å². The van der Waals surface area contributed by atoms with Gasteiger partial charge in [-0.15, -0.1) is 0 Å². The Bertz CT molecular complexity index is 625. The van der Waals surface area contributed by atoms with Gasteiger partial charge in [-0.3, -0.25) is 4.68 Å². The molecular formula is C15H20BrN3O. The van der Waals surface area contributed by atoms with Gasteiger partial charge in [0.25, 0.3) is 0 Å². The maximum Gasteiger partial charge on any atom is 0.125 e. The van der Waals surface area contributed by atoms with Gasteiger partial charge in [0.1, 0.15) is 11.5 Å². The zero-order valence-corrected chi connectivity index (χ0v) is 13.7.